The van der Waals surface area contributed by atoms with Crippen molar-refractivity contribution in [3.05, 3.63) is 90.0 Å². The molecular weight excluding hydrogens is 360 g/mol. The molecule has 0 heterocycles. The zero-order valence-corrected chi connectivity index (χ0v) is 15.1. The predicted molar refractivity (Wildman–Crippen MR) is 104 cm³/mol. The summed E-state index contributed by atoms with van der Waals surface area (Å²) in [5.41, 5.74) is 3.11. The Morgan fingerprint density at radius 2 is 1.41 bits per heavy atom. The van der Waals surface area contributed by atoms with Crippen LogP contribution in [0.3, 0.4) is 0 Å². The third-order valence-electron chi connectivity index (χ3n) is 3.94. The van der Waals surface area contributed by atoms with Gasteiger partial charge in [0.05, 0.1) is 10.6 Å². The summed E-state index contributed by atoms with van der Waals surface area (Å²) in [6.07, 6.45) is 0. The highest BCUT2D eigenvalue weighted by Crippen LogP contribution is 2.23. The largest absolute Gasteiger partial charge is 0.472 e. The number of carbonyl (C=O) groups is 1. The molecule has 134 valence electrons. The van der Waals surface area contributed by atoms with Crippen LogP contribution in [0.15, 0.2) is 83.8 Å². The molecule has 0 saturated heterocycles. The molecule has 3 aromatic carbocycles. The number of carboxylic acids is 1. The zero-order valence-electron chi connectivity index (χ0n) is 14.3. The van der Waals surface area contributed by atoms with Crippen molar-refractivity contribution in [2.45, 2.75) is 10.6 Å². The Hall–Kier alpha value is -3.36. The summed E-state index contributed by atoms with van der Waals surface area (Å²) in [5.74, 6) is 3.17. The van der Waals surface area contributed by atoms with Crippen molar-refractivity contribution in [3.8, 4) is 23.0 Å². The Kier molecular flexibility index (Phi) is 5.39. The van der Waals surface area contributed by atoms with Gasteiger partial charge in [0.25, 0.3) is 0 Å². The summed E-state index contributed by atoms with van der Waals surface area (Å²) >= 11 is 0. The van der Waals surface area contributed by atoms with Crippen molar-refractivity contribution in [1.82, 2.24) is 0 Å². The molecule has 0 aromatic heterocycles. The molecule has 5 heteroatoms. The van der Waals surface area contributed by atoms with E-state index in [1.165, 1.54) is 0 Å². The average Bonchev–Trinajstić information content (AvgIpc) is 2.68. The molecule has 0 unspecified atom stereocenters. The molecule has 0 aliphatic carbocycles. The normalized spacial score (nSPS) is 10.7. The van der Waals surface area contributed by atoms with Crippen molar-refractivity contribution in [3.63, 3.8) is 0 Å². The van der Waals surface area contributed by atoms with Gasteiger partial charge in [-0.15, -0.1) is 0 Å². The van der Waals surface area contributed by atoms with E-state index in [9.17, 15) is 13.2 Å². The van der Waals surface area contributed by atoms with E-state index in [1.54, 1.807) is 48.5 Å². The van der Waals surface area contributed by atoms with Crippen molar-refractivity contribution in [1.29, 1.82) is 0 Å². The maximum atomic E-state index is 12.6. The molecule has 0 spiro atoms. The minimum atomic E-state index is -3.48. The van der Waals surface area contributed by atoms with E-state index in [1.807, 2.05) is 36.3 Å². The molecule has 0 radical (unpaired) electrons. The third-order valence-corrected chi connectivity index (χ3v) is 5.65. The molecule has 0 amide bonds. The minimum Gasteiger partial charge on any atom is -0.472 e. The van der Waals surface area contributed by atoms with Crippen molar-refractivity contribution >= 4 is 15.8 Å². The number of hydrogen-bond acceptors (Lipinski definition) is 3. The number of hydrogen-bond donors (Lipinski definition) is 1. The van der Waals surface area contributed by atoms with Crippen molar-refractivity contribution in [2.75, 3.05) is 0 Å². The monoisotopic (exact) mass is 376 g/mol. The van der Waals surface area contributed by atoms with Crippen LogP contribution < -0.4 is 0 Å². The van der Waals surface area contributed by atoms with Crippen LogP contribution in [0.1, 0.15) is 11.1 Å². The highest BCUT2D eigenvalue weighted by Gasteiger charge is 2.15. The van der Waals surface area contributed by atoms with Crippen LogP contribution in [0.2, 0.25) is 0 Å². The minimum absolute atomic E-state index is 0.135. The smallest absolute Gasteiger partial charge is 0.382 e. The first kappa shape index (κ1) is 18.4. The molecule has 4 nitrogen and oxygen atoms in total. The summed E-state index contributed by atoms with van der Waals surface area (Å²) in [5, 5.41) is 8.55. The van der Waals surface area contributed by atoms with Gasteiger partial charge in [-0.3, -0.25) is 0 Å². The molecular formula is C22H16O4S. The average molecular weight is 376 g/mol. The van der Waals surface area contributed by atoms with Crippen LogP contribution >= 0.6 is 0 Å². The fraction of sp³-hybridized carbons (Fsp3) is 0.0455. The Morgan fingerprint density at radius 1 is 0.815 bits per heavy atom. The summed E-state index contributed by atoms with van der Waals surface area (Å²) in [6, 6.07) is 23.1. The second-order valence-corrected chi connectivity index (χ2v) is 7.89. The van der Waals surface area contributed by atoms with Crippen molar-refractivity contribution < 1.29 is 18.3 Å². The molecule has 0 bridgehead atoms. The van der Waals surface area contributed by atoms with Crippen LogP contribution in [0.5, 0.6) is 0 Å². The Morgan fingerprint density at radius 3 is 2.00 bits per heavy atom. The summed E-state index contributed by atoms with van der Waals surface area (Å²) in [4.78, 5) is 10.7. The highest BCUT2D eigenvalue weighted by molar-refractivity contribution is 7.90. The first-order chi connectivity index (χ1) is 12.9. The molecule has 3 rings (SSSR count). The van der Waals surface area contributed by atoms with E-state index in [2.05, 4.69) is 5.92 Å². The Balaban J connectivity index is 1.77. The third kappa shape index (κ3) is 4.84. The first-order valence-corrected chi connectivity index (χ1v) is 9.81. The van der Waals surface area contributed by atoms with Crippen LogP contribution in [-0.4, -0.2) is 19.5 Å². The molecule has 1 N–H and O–H groups in total. The molecule has 0 aliphatic heterocycles. The van der Waals surface area contributed by atoms with Crippen LogP contribution in [0, 0.1) is 11.8 Å². The number of benzene rings is 3. The maximum absolute atomic E-state index is 12.6. The van der Waals surface area contributed by atoms with E-state index in [0.29, 0.717) is 11.1 Å². The summed E-state index contributed by atoms with van der Waals surface area (Å²) in [7, 11) is -3.48. The molecule has 0 fully saturated rings. The fourth-order valence-electron chi connectivity index (χ4n) is 2.60. The van der Waals surface area contributed by atoms with E-state index in [-0.39, 0.29) is 10.6 Å². The van der Waals surface area contributed by atoms with Gasteiger partial charge in [0.2, 0.25) is 0 Å². The molecule has 27 heavy (non-hydrogen) atoms. The highest BCUT2D eigenvalue weighted by atomic mass is 32.2. The zero-order chi connectivity index (χ0) is 19.3. The summed E-state index contributed by atoms with van der Waals surface area (Å²) < 4.78 is 25.3. The number of sulfone groups is 1. The molecule has 0 saturated carbocycles. The van der Waals surface area contributed by atoms with Gasteiger partial charge in [0.1, 0.15) is 0 Å². The maximum Gasteiger partial charge on any atom is 0.382 e. The van der Waals surface area contributed by atoms with Crippen LogP contribution in [0.25, 0.3) is 11.1 Å². The second-order valence-electron chi connectivity index (χ2n) is 5.90. The van der Waals surface area contributed by atoms with E-state index < -0.39 is 15.8 Å². The number of rotatable bonds is 4. The van der Waals surface area contributed by atoms with E-state index in [0.717, 1.165) is 11.1 Å². The van der Waals surface area contributed by atoms with E-state index in [4.69, 9.17) is 5.11 Å². The number of aliphatic carboxylic acids is 1. The van der Waals surface area contributed by atoms with Crippen LogP contribution in [0.4, 0.5) is 0 Å². The topological polar surface area (TPSA) is 71.4 Å². The van der Waals surface area contributed by atoms with E-state index >= 15 is 0 Å². The Bertz CT molecular complexity index is 1100. The lowest BCUT2D eigenvalue weighted by Gasteiger charge is -2.07. The molecule has 3 aromatic rings. The van der Waals surface area contributed by atoms with Gasteiger partial charge in [-0.2, -0.15) is 0 Å². The predicted octanol–water partition coefficient (Wildman–Crippen LogP) is 3.76. The number of carboxylic acid groups (broad SMARTS) is 1. The van der Waals surface area contributed by atoms with Crippen LogP contribution in [-0.2, 0) is 20.4 Å². The standard InChI is InChI=1S/C22H16O4S/c23-22(24)15-10-17-6-8-18(9-7-17)16-27(25,26)21-13-11-20(12-14-21)19-4-2-1-3-5-19/h1-9,11-14H,16H2,(H,23,24). The lowest BCUT2D eigenvalue weighted by atomic mass is 10.1. The van der Waals surface area contributed by atoms with Gasteiger partial charge in [0.15, 0.2) is 9.84 Å². The second kappa shape index (κ2) is 7.90. The van der Waals surface area contributed by atoms with Crippen molar-refractivity contribution in [2.24, 2.45) is 0 Å². The lowest BCUT2D eigenvalue weighted by molar-refractivity contribution is -0.130. The summed E-state index contributed by atoms with van der Waals surface area (Å²) in [6.45, 7) is 0. The fourth-order valence-corrected chi connectivity index (χ4v) is 3.95. The lowest BCUT2D eigenvalue weighted by Crippen LogP contribution is -2.05. The molecule has 0 atom stereocenters. The van der Waals surface area contributed by atoms with Gasteiger partial charge in [-0.25, -0.2) is 13.2 Å². The Labute approximate surface area is 158 Å². The van der Waals surface area contributed by atoms with Gasteiger partial charge < -0.3 is 5.11 Å². The van der Waals surface area contributed by atoms with Gasteiger partial charge in [-0.05, 0) is 41.0 Å². The quantitative estimate of drug-likeness (QED) is 0.704. The first-order valence-electron chi connectivity index (χ1n) is 8.16. The van der Waals surface area contributed by atoms with Gasteiger partial charge in [0, 0.05) is 11.5 Å². The van der Waals surface area contributed by atoms with Gasteiger partial charge in [-0.1, -0.05) is 60.5 Å². The molecule has 0 aliphatic rings. The van der Waals surface area contributed by atoms with Gasteiger partial charge >= 0.3 is 5.97 Å². The SMILES string of the molecule is O=C(O)C#Cc1ccc(CS(=O)(=O)c2ccc(-c3ccccc3)cc2)cc1.